The number of carbonyl (C=O) groups is 2. The van der Waals surface area contributed by atoms with Gasteiger partial charge in [-0.3, -0.25) is 9.59 Å². The summed E-state index contributed by atoms with van der Waals surface area (Å²) in [6, 6.07) is 26.5. The highest BCUT2D eigenvalue weighted by Crippen LogP contribution is 2.38. The van der Waals surface area contributed by atoms with Crippen molar-refractivity contribution in [3.05, 3.63) is 107 Å². The zero-order valence-corrected chi connectivity index (χ0v) is 19.4. The monoisotopic (exact) mass is 456 g/mol. The topological polar surface area (TPSA) is 49.4 Å². The lowest BCUT2D eigenvalue weighted by molar-refractivity contribution is -0.128. The van der Waals surface area contributed by atoms with Crippen LogP contribution in [0, 0.1) is 0 Å². The number of hydrogen-bond acceptors (Lipinski definition) is 3. The van der Waals surface area contributed by atoms with Gasteiger partial charge in [-0.15, -0.1) is 11.8 Å². The van der Waals surface area contributed by atoms with E-state index < -0.39 is 0 Å². The van der Waals surface area contributed by atoms with Crippen molar-refractivity contribution in [2.45, 2.75) is 37.1 Å². The summed E-state index contributed by atoms with van der Waals surface area (Å²) < 4.78 is 0. The van der Waals surface area contributed by atoms with Crippen LogP contribution in [0.2, 0.25) is 0 Å². The van der Waals surface area contributed by atoms with E-state index in [2.05, 4.69) is 35.6 Å². The fourth-order valence-electron chi connectivity index (χ4n) is 4.81. The summed E-state index contributed by atoms with van der Waals surface area (Å²) >= 11 is 1.66. The van der Waals surface area contributed by atoms with Gasteiger partial charge in [-0.2, -0.15) is 0 Å². The first-order valence-corrected chi connectivity index (χ1v) is 12.7. The first kappa shape index (κ1) is 21.8. The third-order valence-electron chi connectivity index (χ3n) is 6.59. The fraction of sp³-hybridized carbons (Fsp3) is 0.286. The number of fused-ring (bicyclic) bond motifs is 1. The minimum Gasteiger partial charge on any atom is -0.345 e. The van der Waals surface area contributed by atoms with Crippen molar-refractivity contribution in [1.29, 1.82) is 0 Å². The summed E-state index contributed by atoms with van der Waals surface area (Å²) in [5, 5.41) is 3.23. The molecule has 0 bridgehead atoms. The molecule has 2 amide bonds. The van der Waals surface area contributed by atoms with Gasteiger partial charge in [-0.25, -0.2) is 0 Å². The van der Waals surface area contributed by atoms with Gasteiger partial charge in [0.1, 0.15) is 5.37 Å². The van der Waals surface area contributed by atoms with Crippen molar-refractivity contribution in [2.24, 2.45) is 0 Å². The van der Waals surface area contributed by atoms with Crippen LogP contribution in [0.25, 0.3) is 0 Å². The summed E-state index contributed by atoms with van der Waals surface area (Å²) in [5.74, 6) is 0.640. The molecule has 1 heterocycles. The number of nitrogens with one attached hydrogen (secondary N) is 1. The van der Waals surface area contributed by atoms with Crippen LogP contribution in [0.1, 0.15) is 56.9 Å². The Balaban J connectivity index is 1.25. The number of aryl methyl sites for hydroxylation is 1. The van der Waals surface area contributed by atoms with Crippen molar-refractivity contribution < 1.29 is 9.59 Å². The minimum absolute atomic E-state index is 0.00328. The molecule has 1 saturated heterocycles. The van der Waals surface area contributed by atoms with Gasteiger partial charge < -0.3 is 10.2 Å². The predicted molar refractivity (Wildman–Crippen MR) is 133 cm³/mol. The van der Waals surface area contributed by atoms with Gasteiger partial charge in [0, 0.05) is 12.1 Å². The average Bonchev–Trinajstić information content (AvgIpc) is 3.24. The Morgan fingerprint density at radius 1 is 0.970 bits per heavy atom. The number of hydrogen-bond donors (Lipinski definition) is 1. The molecule has 3 aromatic carbocycles. The van der Waals surface area contributed by atoms with Crippen LogP contribution in [0.3, 0.4) is 0 Å². The third kappa shape index (κ3) is 4.83. The van der Waals surface area contributed by atoms with E-state index in [1.54, 1.807) is 11.8 Å². The van der Waals surface area contributed by atoms with Crippen LogP contribution in [-0.2, 0) is 17.6 Å². The van der Waals surface area contributed by atoms with E-state index in [9.17, 15) is 9.59 Å². The highest BCUT2D eigenvalue weighted by molar-refractivity contribution is 8.00. The van der Waals surface area contributed by atoms with E-state index in [0.29, 0.717) is 17.9 Å². The molecule has 0 unspecified atom stereocenters. The molecular weight excluding hydrogens is 428 g/mol. The largest absolute Gasteiger partial charge is 0.345 e. The maximum Gasteiger partial charge on any atom is 0.251 e. The molecule has 0 radical (unpaired) electrons. The molecule has 1 N–H and O–H groups in total. The van der Waals surface area contributed by atoms with Crippen molar-refractivity contribution in [2.75, 3.05) is 12.3 Å². The number of carbonyl (C=O) groups excluding carboxylic acids is 2. The molecule has 1 aliphatic heterocycles. The molecule has 0 aromatic heterocycles. The van der Waals surface area contributed by atoms with Crippen molar-refractivity contribution >= 4 is 23.6 Å². The Morgan fingerprint density at radius 3 is 2.55 bits per heavy atom. The molecule has 3 aromatic rings. The smallest absolute Gasteiger partial charge is 0.251 e. The summed E-state index contributed by atoms with van der Waals surface area (Å²) in [6.45, 7) is 0.698. The van der Waals surface area contributed by atoms with Gasteiger partial charge in [0.15, 0.2) is 0 Å². The van der Waals surface area contributed by atoms with Gasteiger partial charge in [0.2, 0.25) is 5.91 Å². The van der Waals surface area contributed by atoms with Crippen LogP contribution in [0.4, 0.5) is 0 Å². The normalized spacial score (nSPS) is 19.9. The number of amides is 2. The molecule has 1 aliphatic carbocycles. The van der Waals surface area contributed by atoms with Gasteiger partial charge in [0.05, 0.1) is 11.8 Å². The van der Waals surface area contributed by atoms with E-state index in [-0.39, 0.29) is 23.2 Å². The minimum atomic E-state index is -0.0423. The van der Waals surface area contributed by atoms with Crippen LogP contribution in [0.15, 0.2) is 78.9 Å². The Hall–Kier alpha value is -3.05. The number of benzene rings is 3. The molecule has 0 spiro atoms. The maximum atomic E-state index is 13.0. The molecule has 2 aliphatic rings. The van der Waals surface area contributed by atoms with Crippen molar-refractivity contribution in [1.82, 2.24) is 10.2 Å². The quantitative estimate of drug-likeness (QED) is 0.547. The third-order valence-corrected chi connectivity index (χ3v) is 7.84. The summed E-state index contributed by atoms with van der Waals surface area (Å²) in [4.78, 5) is 27.4. The van der Waals surface area contributed by atoms with Crippen LogP contribution in [-0.4, -0.2) is 29.0 Å². The summed E-state index contributed by atoms with van der Waals surface area (Å²) in [7, 11) is 0. The molecule has 0 saturated carbocycles. The molecule has 4 nitrogen and oxygen atoms in total. The van der Waals surface area contributed by atoms with E-state index >= 15 is 0 Å². The SMILES string of the molecule is O=C(N[C@@H]1CCCc2ccccc21)c1ccc([C@@H]2SCC(=O)N2CCc2ccccc2)cc1. The number of rotatable bonds is 6. The lowest BCUT2D eigenvalue weighted by atomic mass is 9.87. The number of nitrogens with zero attached hydrogens (tertiary/aromatic N) is 1. The Morgan fingerprint density at radius 2 is 1.73 bits per heavy atom. The molecule has 168 valence electrons. The summed E-state index contributed by atoms with van der Waals surface area (Å²) in [6.07, 6.45) is 3.98. The molecule has 5 heteroatoms. The van der Waals surface area contributed by atoms with Crippen LogP contribution < -0.4 is 5.32 Å². The standard InChI is InChI=1S/C28H28N2O2S/c31-26-19-33-28(30(26)18-17-20-7-2-1-3-8-20)23-15-13-22(14-16-23)27(32)29-25-12-6-10-21-9-4-5-11-24(21)25/h1-5,7-9,11,13-16,25,28H,6,10,12,17-19H2,(H,29,32)/t25-,28+/m1/s1. The van der Waals surface area contributed by atoms with Crippen molar-refractivity contribution in [3.63, 3.8) is 0 Å². The molecule has 2 atom stereocenters. The van der Waals surface area contributed by atoms with Crippen LogP contribution in [0.5, 0.6) is 0 Å². The Bertz CT molecular complexity index is 1130. The average molecular weight is 457 g/mol. The zero-order chi connectivity index (χ0) is 22.6. The van der Waals surface area contributed by atoms with E-state index in [0.717, 1.165) is 31.2 Å². The highest BCUT2D eigenvalue weighted by Gasteiger charge is 2.32. The van der Waals surface area contributed by atoms with Gasteiger partial charge >= 0.3 is 0 Å². The highest BCUT2D eigenvalue weighted by atomic mass is 32.2. The maximum absolute atomic E-state index is 13.0. The zero-order valence-electron chi connectivity index (χ0n) is 18.6. The molecular formula is C28H28N2O2S. The second-order valence-corrected chi connectivity index (χ2v) is 9.79. The van der Waals surface area contributed by atoms with Gasteiger partial charge in [-0.05, 0) is 60.1 Å². The summed E-state index contributed by atoms with van der Waals surface area (Å²) in [5.41, 5.74) is 5.54. The molecule has 1 fully saturated rings. The first-order chi connectivity index (χ1) is 16.2. The first-order valence-electron chi connectivity index (χ1n) is 11.6. The van der Waals surface area contributed by atoms with Crippen LogP contribution >= 0.6 is 11.8 Å². The van der Waals surface area contributed by atoms with Gasteiger partial charge in [0.25, 0.3) is 5.91 Å². The second-order valence-electron chi connectivity index (χ2n) is 8.73. The predicted octanol–water partition coefficient (Wildman–Crippen LogP) is 5.31. The van der Waals surface area contributed by atoms with Crippen molar-refractivity contribution in [3.8, 4) is 0 Å². The van der Waals surface area contributed by atoms with E-state index in [1.807, 2.05) is 53.4 Å². The fourth-order valence-corrected chi connectivity index (χ4v) is 6.03. The lowest BCUT2D eigenvalue weighted by Gasteiger charge is -2.26. The Kier molecular flexibility index (Phi) is 6.49. The van der Waals surface area contributed by atoms with E-state index in [1.165, 1.54) is 16.7 Å². The van der Waals surface area contributed by atoms with E-state index in [4.69, 9.17) is 0 Å². The molecule has 5 rings (SSSR count). The molecule has 33 heavy (non-hydrogen) atoms. The number of thioether (sulfide) groups is 1. The second kappa shape index (κ2) is 9.84. The Labute approximate surface area is 199 Å². The lowest BCUT2D eigenvalue weighted by Crippen LogP contribution is -2.31. The van der Waals surface area contributed by atoms with Gasteiger partial charge in [-0.1, -0.05) is 66.7 Å².